The molecule has 0 amide bonds. The Bertz CT molecular complexity index is 744. The third kappa shape index (κ3) is 2.84. The number of halogens is 1. The third-order valence-electron chi connectivity index (χ3n) is 4.00. The van der Waals surface area contributed by atoms with Crippen molar-refractivity contribution in [3.8, 4) is 0 Å². The minimum atomic E-state index is -0.941. The quantitative estimate of drug-likeness (QED) is 0.833. The number of benzene rings is 2. The second-order valence-corrected chi connectivity index (χ2v) is 6.89. The van der Waals surface area contributed by atoms with E-state index in [1.807, 2.05) is 30.3 Å². The predicted octanol–water partition coefficient (Wildman–Crippen LogP) is 4.14. The van der Waals surface area contributed by atoms with Crippen molar-refractivity contribution in [2.45, 2.75) is 24.7 Å². The van der Waals surface area contributed by atoms with Crippen molar-refractivity contribution in [1.29, 1.82) is 0 Å². The van der Waals surface area contributed by atoms with Crippen LogP contribution in [-0.2, 0) is 23.6 Å². The van der Waals surface area contributed by atoms with Crippen molar-refractivity contribution in [2.24, 2.45) is 0 Å². The Kier molecular flexibility index (Phi) is 3.77. The molecule has 21 heavy (non-hydrogen) atoms. The standard InChI is InChI=1S/C18H17FOS/c1-12-9-14-11-15(19)5-8-17(14)18(12)10-13-3-6-16(7-4-13)21(2)20/h3-8,11H,9-10H2,1-2H3/t21-/m1/s1. The lowest BCUT2D eigenvalue weighted by Crippen LogP contribution is -1.93. The molecule has 1 atom stereocenters. The summed E-state index contributed by atoms with van der Waals surface area (Å²) in [5.74, 6) is -0.169. The van der Waals surface area contributed by atoms with Gasteiger partial charge >= 0.3 is 0 Å². The van der Waals surface area contributed by atoms with E-state index in [0.29, 0.717) is 0 Å². The van der Waals surface area contributed by atoms with Crippen molar-refractivity contribution in [3.63, 3.8) is 0 Å². The fourth-order valence-corrected chi connectivity index (χ4v) is 3.39. The van der Waals surface area contributed by atoms with E-state index < -0.39 is 10.8 Å². The molecule has 2 aromatic carbocycles. The van der Waals surface area contributed by atoms with Gasteiger partial charge in [-0.15, -0.1) is 0 Å². The zero-order valence-corrected chi connectivity index (χ0v) is 13.0. The summed E-state index contributed by atoms with van der Waals surface area (Å²) in [5.41, 5.74) is 6.02. The highest BCUT2D eigenvalue weighted by Gasteiger charge is 2.19. The van der Waals surface area contributed by atoms with Gasteiger partial charge in [0.25, 0.3) is 0 Å². The van der Waals surface area contributed by atoms with Gasteiger partial charge in [0.05, 0.1) is 0 Å². The third-order valence-corrected chi connectivity index (χ3v) is 4.94. The zero-order valence-electron chi connectivity index (χ0n) is 12.2. The van der Waals surface area contributed by atoms with Crippen LogP contribution in [-0.4, -0.2) is 10.5 Å². The van der Waals surface area contributed by atoms with Gasteiger partial charge in [-0.25, -0.2) is 4.39 Å². The number of fused-ring (bicyclic) bond motifs is 1. The molecule has 0 spiro atoms. The van der Waals surface area contributed by atoms with Crippen molar-refractivity contribution < 1.29 is 8.60 Å². The summed E-state index contributed by atoms with van der Waals surface area (Å²) in [5, 5.41) is 0. The van der Waals surface area contributed by atoms with Crippen LogP contribution in [0.1, 0.15) is 23.6 Å². The van der Waals surface area contributed by atoms with Gasteiger partial charge < -0.3 is 0 Å². The van der Waals surface area contributed by atoms with E-state index in [2.05, 4.69) is 6.92 Å². The maximum Gasteiger partial charge on any atom is 0.123 e. The Labute approximate surface area is 127 Å². The van der Waals surface area contributed by atoms with E-state index in [9.17, 15) is 8.60 Å². The van der Waals surface area contributed by atoms with Gasteiger partial charge in [0.15, 0.2) is 0 Å². The molecule has 0 radical (unpaired) electrons. The van der Waals surface area contributed by atoms with Crippen LogP contribution < -0.4 is 0 Å². The lowest BCUT2D eigenvalue weighted by molar-refractivity contribution is 0.626. The molecule has 3 heteroatoms. The van der Waals surface area contributed by atoms with Crippen LogP contribution >= 0.6 is 0 Å². The zero-order chi connectivity index (χ0) is 15.0. The van der Waals surface area contributed by atoms with E-state index in [0.717, 1.165) is 28.9 Å². The van der Waals surface area contributed by atoms with E-state index in [-0.39, 0.29) is 5.82 Å². The first-order chi connectivity index (χ1) is 10.0. The highest BCUT2D eigenvalue weighted by atomic mass is 32.2. The Morgan fingerprint density at radius 2 is 1.86 bits per heavy atom. The first-order valence-electron chi connectivity index (χ1n) is 6.94. The molecule has 1 aliphatic rings. The first-order valence-corrected chi connectivity index (χ1v) is 8.50. The highest BCUT2D eigenvalue weighted by molar-refractivity contribution is 7.84. The van der Waals surface area contributed by atoms with Gasteiger partial charge in [-0.05, 0) is 66.3 Å². The second-order valence-electron chi connectivity index (χ2n) is 5.51. The Morgan fingerprint density at radius 3 is 2.52 bits per heavy atom. The number of rotatable bonds is 3. The van der Waals surface area contributed by atoms with Crippen LogP contribution in [0, 0.1) is 5.82 Å². The molecule has 3 rings (SSSR count). The Morgan fingerprint density at radius 1 is 1.14 bits per heavy atom. The van der Waals surface area contributed by atoms with Crippen LogP contribution in [0.25, 0.3) is 5.57 Å². The lowest BCUT2D eigenvalue weighted by Gasteiger charge is -2.08. The van der Waals surface area contributed by atoms with E-state index in [1.165, 1.54) is 22.8 Å². The van der Waals surface area contributed by atoms with Gasteiger partial charge in [0.2, 0.25) is 0 Å². The fraction of sp³-hybridized carbons (Fsp3) is 0.222. The summed E-state index contributed by atoms with van der Waals surface area (Å²) in [6.45, 7) is 2.11. The molecule has 0 N–H and O–H groups in total. The van der Waals surface area contributed by atoms with Crippen molar-refractivity contribution in [2.75, 3.05) is 6.26 Å². The van der Waals surface area contributed by atoms with E-state index in [4.69, 9.17) is 0 Å². The van der Waals surface area contributed by atoms with Gasteiger partial charge in [0.1, 0.15) is 5.82 Å². The molecule has 2 aromatic rings. The smallest absolute Gasteiger partial charge is 0.123 e. The predicted molar refractivity (Wildman–Crippen MR) is 85.2 cm³/mol. The molecule has 0 aliphatic heterocycles. The largest absolute Gasteiger partial charge is 0.255 e. The van der Waals surface area contributed by atoms with Gasteiger partial charge in [0, 0.05) is 22.0 Å². The minimum Gasteiger partial charge on any atom is -0.255 e. The molecule has 1 nitrogen and oxygen atoms in total. The van der Waals surface area contributed by atoms with Gasteiger partial charge in [-0.3, -0.25) is 4.21 Å². The van der Waals surface area contributed by atoms with Crippen molar-refractivity contribution >= 4 is 16.4 Å². The summed E-state index contributed by atoms with van der Waals surface area (Å²) in [6.07, 6.45) is 3.35. The molecule has 108 valence electrons. The monoisotopic (exact) mass is 300 g/mol. The van der Waals surface area contributed by atoms with Crippen LogP contribution in [0.4, 0.5) is 4.39 Å². The summed E-state index contributed by atoms with van der Waals surface area (Å²) in [6, 6.07) is 12.9. The number of allylic oxidation sites excluding steroid dienone is 2. The first kappa shape index (κ1) is 14.2. The number of hydrogen-bond donors (Lipinski definition) is 0. The Balaban J connectivity index is 1.88. The van der Waals surface area contributed by atoms with Crippen LogP contribution in [0.2, 0.25) is 0 Å². The molecular weight excluding hydrogens is 283 g/mol. The lowest BCUT2D eigenvalue weighted by atomic mass is 9.98. The normalized spacial score (nSPS) is 15.2. The fourth-order valence-electron chi connectivity index (χ4n) is 2.87. The maximum absolute atomic E-state index is 13.3. The summed E-state index contributed by atoms with van der Waals surface area (Å²) in [4.78, 5) is 0.846. The summed E-state index contributed by atoms with van der Waals surface area (Å²) in [7, 11) is -0.941. The minimum absolute atomic E-state index is 0.169. The second kappa shape index (κ2) is 5.57. The maximum atomic E-state index is 13.3. The van der Waals surface area contributed by atoms with Crippen LogP contribution in [0.15, 0.2) is 52.9 Å². The summed E-state index contributed by atoms with van der Waals surface area (Å²) < 4.78 is 24.7. The van der Waals surface area contributed by atoms with E-state index >= 15 is 0 Å². The average Bonchev–Trinajstić information content (AvgIpc) is 2.75. The number of hydrogen-bond acceptors (Lipinski definition) is 1. The van der Waals surface area contributed by atoms with Crippen molar-refractivity contribution in [3.05, 3.63) is 70.5 Å². The van der Waals surface area contributed by atoms with E-state index in [1.54, 1.807) is 12.3 Å². The van der Waals surface area contributed by atoms with Gasteiger partial charge in [-0.1, -0.05) is 23.8 Å². The molecule has 0 heterocycles. The topological polar surface area (TPSA) is 17.1 Å². The SMILES string of the molecule is CC1=C(Cc2ccc([S@@](C)=O)cc2)c2ccc(F)cc2C1. The van der Waals surface area contributed by atoms with Crippen LogP contribution in [0.3, 0.4) is 0 Å². The molecule has 0 unspecified atom stereocenters. The van der Waals surface area contributed by atoms with Gasteiger partial charge in [-0.2, -0.15) is 0 Å². The molecule has 0 bridgehead atoms. The molecule has 0 saturated heterocycles. The highest BCUT2D eigenvalue weighted by Crippen LogP contribution is 2.35. The van der Waals surface area contributed by atoms with Crippen molar-refractivity contribution in [1.82, 2.24) is 0 Å². The molecular formula is C18H17FOS. The average molecular weight is 300 g/mol. The molecule has 0 saturated carbocycles. The molecule has 0 aromatic heterocycles. The molecule has 1 aliphatic carbocycles. The van der Waals surface area contributed by atoms with Crippen LogP contribution in [0.5, 0.6) is 0 Å². The summed E-state index contributed by atoms with van der Waals surface area (Å²) >= 11 is 0. The molecule has 0 fully saturated rings. The Hall–Kier alpha value is -1.74.